The van der Waals surface area contributed by atoms with E-state index in [1.807, 2.05) is 0 Å². The number of unbranched alkanes of at least 4 members (excludes halogenated alkanes) is 3. The van der Waals surface area contributed by atoms with Gasteiger partial charge in [-0.2, -0.15) is 0 Å². The lowest BCUT2D eigenvalue weighted by atomic mass is 10.2. The van der Waals surface area contributed by atoms with Gasteiger partial charge in [-0.3, -0.25) is 0 Å². The van der Waals surface area contributed by atoms with E-state index in [0.717, 1.165) is 11.1 Å². The quantitative estimate of drug-likeness (QED) is 0.330. The maximum Gasteiger partial charge on any atom is 0.0780 e. The van der Waals surface area contributed by atoms with E-state index in [1.165, 1.54) is 32.2 Å². The average molecular weight is 301 g/mol. The molecule has 0 amide bonds. The highest BCUT2D eigenvalue weighted by Crippen LogP contribution is 2.02. The van der Waals surface area contributed by atoms with Gasteiger partial charge in [0.15, 0.2) is 0 Å². The van der Waals surface area contributed by atoms with Crippen molar-refractivity contribution < 1.29 is 33.2 Å². The molecule has 0 aromatic rings. The molecule has 0 rings (SSSR count). The molecule has 0 radical (unpaired) electrons. The van der Waals surface area contributed by atoms with Crippen molar-refractivity contribution in [3.05, 3.63) is 0 Å². The van der Waals surface area contributed by atoms with Gasteiger partial charge in [-0.15, -0.1) is 0 Å². The molecule has 0 aliphatic heterocycles. The van der Waals surface area contributed by atoms with Crippen LogP contribution in [-0.2, 0) is 4.74 Å². The molecule has 82 valence electrons. The van der Waals surface area contributed by atoms with Gasteiger partial charge in [-0.25, -0.2) is 0 Å². The average Bonchev–Trinajstić information content (AvgIpc) is 1.94. The monoisotopic (exact) mass is 301 g/mol. The van der Waals surface area contributed by atoms with Crippen LogP contribution in [-0.4, -0.2) is 45.9 Å². The van der Waals surface area contributed by atoms with Crippen molar-refractivity contribution in [1.82, 2.24) is 0 Å². The zero-order valence-electron chi connectivity index (χ0n) is 9.48. The highest BCUT2D eigenvalue weighted by Gasteiger charge is 2.04. The van der Waals surface area contributed by atoms with Crippen LogP contribution in [0.25, 0.3) is 0 Å². The van der Waals surface area contributed by atoms with Crippen molar-refractivity contribution in [2.24, 2.45) is 0 Å². The summed E-state index contributed by atoms with van der Waals surface area (Å²) in [6.45, 7) is 2.21. The van der Waals surface area contributed by atoms with E-state index in [-0.39, 0.29) is 24.0 Å². The number of ether oxygens (including phenoxy) is 1. The van der Waals surface area contributed by atoms with E-state index < -0.39 is 0 Å². The van der Waals surface area contributed by atoms with Crippen molar-refractivity contribution in [1.29, 1.82) is 0 Å². The third-order valence-corrected chi connectivity index (χ3v) is 1.93. The first-order valence-electron chi connectivity index (χ1n) is 4.85. The van der Waals surface area contributed by atoms with E-state index in [1.54, 1.807) is 7.11 Å². The zero-order chi connectivity index (χ0) is 9.45. The molecule has 2 nitrogen and oxygen atoms in total. The Labute approximate surface area is 100 Å². The second-order valence-electron chi connectivity index (χ2n) is 4.42. The van der Waals surface area contributed by atoms with Gasteiger partial charge in [0.1, 0.15) is 0 Å². The van der Waals surface area contributed by atoms with Crippen molar-refractivity contribution >= 4 is 0 Å². The molecule has 13 heavy (non-hydrogen) atoms. The van der Waals surface area contributed by atoms with Gasteiger partial charge in [0.05, 0.1) is 27.7 Å². The van der Waals surface area contributed by atoms with Crippen molar-refractivity contribution in [2.75, 3.05) is 41.4 Å². The Morgan fingerprint density at radius 3 is 1.92 bits per heavy atom. The normalized spacial score (nSPS) is 11.1. The first-order valence-corrected chi connectivity index (χ1v) is 4.85. The van der Waals surface area contributed by atoms with E-state index in [9.17, 15) is 0 Å². The number of nitrogens with zero attached hydrogens (tertiary/aromatic N) is 1. The topological polar surface area (TPSA) is 9.23 Å². The maximum absolute atomic E-state index is 4.99. The molecule has 0 spiro atoms. The van der Waals surface area contributed by atoms with Crippen LogP contribution in [0.4, 0.5) is 0 Å². The Hall–Kier alpha value is 0.650. The third-order valence-electron chi connectivity index (χ3n) is 1.93. The van der Waals surface area contributed by atoms with Gasteiger partial charge in [-0.1, -0.05) is 6.42 Å². The van der Waals surface area contributed by atoms with E-state index >= 15 is 0 Å². The number of halogens is 1. The van der Waals surface area contributed by atoms with Gasteiger partial charge < -0.3 is 33.2 Å². The molecule has 3 heteroatoms. The van der Waals surface area contributed by atoms with Crippen molar-refractivity contribution in [3.63, 3.8) is 0 Å². The molecule has 0 fully saturated rings. The Kier molecular flexibility index (Phi) is 11.4. The molecule has 0 unspecified atom stereocenters. The molecule has 0 N–H and O–H groups in total. The summed E-state index contributed by atoms with van der Waals surface area (Å²) in [5.74, 6) is 0. The molecule has 0 saturated heterocycles. The molecule has 0 aromatic heterocycles. The van der Waals surface area contributed by atoms with Crippen LogP contribution < -0.4 is 24.0 Å². The second-order valence-corrected chi connectivity index (χ2v) is 4.42. The number of methoxy groups -OCH3 is 1. The van der Waals surface area contributed by atoms with Crippen molar-refractivity contribution in [2.45, 2.75) is 25.7 Å². The van der Waals surface area contributed by atoms with E-state index in [0.29, 0.717) is 0 Å². The fourth-order valence-corrected chi connectivity index (χ4v) is 1.19. The van der Waals surface area contributed by atoms with Crippen molar-refractivity contribution in [3.8, 4) is 0 Å². The lowest BCUT2D eigenvalue weighted by Gasteiger charge is -2.23. The van der Waals surface area contributed by atoms with Gasteiger partial charge in [0.25, 0.3) is 0 Å². The maximum atomic E-state index is 4.99. The van der Waals surface area contributed by atoms with Crippen LogP contribution >= 0.6 is 0 Å². The van der Waals surface area contributed by atoms with Crippen LogP contribution in [0.5, 0.6) is 0 Å². The minimum Gasteiger partial charge on any atom is -1.00 e. The Morgan fingerprint density at radius 1 is 0.923 bits per heavy atom. The predicted octanol–water partition coefficient (Wildman–Crippen LogP) is -1.10. The third kappa shape index (κ3) is 15.4. The summed E-state index contributed by atoms with van der Waals surface area (Å²) in [5.41, 5.74) is 0. The minimum absolute atomic E-state index is 0. The zero-order valence-corrected chi connectivity index (χ0v) is 11.6. The molecule has 0 heterocycles. The molecular formula is C10H24INO. The fraction of sp³-hybridized carbons (Fsp3) is 1.00. The number of quaternary nitrogens is 1. The largest absolute Gasteiger partial charge is 1.00 e. The van der Waals surface area contributed by atoms with E-state index in [4.69, 9.17) is 4.74 Å². The predicted molar refractivity (Wildman–Crippen MR) is 53.2 cm³/mol. The molecule has 0 atom stereocenters. The lowest BCUT2D eigenvalue weighted by Crippen LogP contribution is -3.00. The summed E-state index contributed by atoms with van der Waals surface area (Å²) < 4.78 is 6.07. The number of hydrogen-bond acceptors (Lipinski definition) is 1. The molecule has 0 aliphatic rings. The van der Waals surface area contributed by atoms with Crippen LogP contribution in [0.1, 0.15) is 25.7 Å². The summed E-state index contributed by atoms with van der Waals surface area (Å²) in [6.07, 6.45) is 5.22. The molecule has 0 bridgehead atoms. The Balaban J connectivity index is 0. The summed E-state index contributed by atoms with van der Waals surface area (Å²) in [4.78, 5) is 0. The summed E-state index contributed by atoms with van der Waals surface area (Å²) in [5, 5.41) is 0. The van der Waals surface area contributed by atoms with Gasteiger partial charge >= 0.3 is 0 Å². The summed E-state index contributed by atoms with van der Waals surface area (Å²) in [7, 11) is 8.51. The molecule has 0 aliphatic carbocycles. The summed E-state index contributed by atoms with van der Waals surface area (Å²) in [6, 6.07) is 0. The van der Waals surface area contributed by atoms with E-state index in [2.05, 4.69) is 21.1 Å². The summed E-state index contributed by atoms with van der Waals surface area (Å²) >= 11 is 0. The SMILES string of the molecule is COCCCCCC[N+](C)(C)C.[I-]. The smallest absolute Gasteiger partial charge is 0.0780 e. The molecule has 0 saturated carbocycles. The second kappa shape index (κ2) is 9.21. The van der Waals surface area contributed by atoms with Crippen LogP contribution in [0.3, 0.4) is 0 Å². The Morgan fingerprint density at radius 2 is 1.46 bits per heavy atom. The number of rotatable bonds is 7. The lowest BCUT2D eigenvalue weighted by molar-refractivity contribution is -0.870. The molecular weight excluding hydrogens is 277 g/mol. The Bertz CT molecular complexity index is 102. The standard InChI is InChI=1S/C10H24NO.HI/c1-11(2,3)9-7-5-6-8-10-12-4;/h5-10H2,1-4H3;1H/q+1;/p-1. The minimum atomic E-state index is 0. The highest BCUT2D eigenvalue weighted by molar-refractivity contribution is 4.41. The first kappa shape index (κ1) is 16.1. The van der Waals surface area contributed by atoms with Crippen LogP contribution in [0, 0.1) is 0 Å². The van der Waals surface area contributed by atoms with Gasteiger partial charge in [-0.05, 0) is 19.3 Å². The van der Waals surface area contributed by atoms with Crippen LogP contribution in [0.15, 0.2) is 0 Å². The highest BCUT2D eigenvalue weighted by atomic mass is 127. The number of hydrogen-bond donors (Lipinski definition) is 0. The van der Waals surface area contributed by atoms with Crippen LogP contribution in [0.2, 0.25) is 0 Å². The first-order chi connectivity index (χ1) is 5.56. The molecule has 0 aromatic carbocycles. The van der Waals surface area contributed by atoms with Gasteiger partial charge in [0, 0.05) is 13.7 Å². The van der Waals surface area contributed by atoms with Gasteiger partial charge in [0.2, 0.25) is 0 Å². The fourth-order valence-electron chi connectivity index (χ4n) is 1.19.